The van der Waals surface area contributed by atoms with Crippen LogP contribution in [0.3, 0.4) is 0 Å². The third-order valence-corrected chi connectivity index (χ3v) is 7.32. The summed E-state index contributed by atoms with van der Waals surface area (Å²) in [7, 11) is 0. The van der Waals surface area contributed by atoms with Gasteiger partial charge in [0.05, 0.1) is 28.0 Å². The molecule has 31 heavy (non-hydrogen) atoms. The zero-order valence-corrected chi connectivity index (χ0v) is 16.8. The molecule has 2 unspecified atom stereocenters. The molecule has 3 aromatic rings. The molecule has 0 saturated carbocycles. The van der Waals surface area contributed by atoms with Crippen LogP contribution in [0, 0.1) is 17.7 Å². The van der Waals surface area contributed by atoms with Crippen molar-refractivity contribution in [3.05, 3.63) is 99.8 Å². The first-order chi connectivity index (χ1) is 15.0. The van der Waals surface area contributed by atoms with E-state index in [-0.39, 0.29) is 16.6 Å². The predicted molar refractivity (Wildman–Crippen MR) is 112 cm³/mol. The third-order valence-electron chi connectivity index (χ3n) is 7.03. The van der Waals surface area contributed by atoms with Gasteiger partial charge in [-0.25, -0.2) is 9.29 Å². The fraction of sp³-hybridized carbons (Fsp3) is 0.160. The Bertz CT molecular complexity index is 1270. The lowest BCUT2D eigenvalue weighted by atomic mass is 9.48. The molecule has 0 N–H and O–H groups in total. The van der Waals surface area contributed by atoms with Crippen molar-refractivity contribution in [3.8, 4) is 0 Å². The second-order valence-electron chi connectivity index (χ2n) is 8.25. The minimum Gasteiger partial charge on any atom is -0.302 e. The van der Waals surface area contributed by atoms with E-state index < -0.39 is 34.9 Å². The number of anilines is 1. The number of carbonyl (C=O) groups excluding carboxylic acids is 3. The quantitative estimate of drug-likeness (QED) is 0.450. The van der Waals surface area contributed by atoms with E-state index in [0.717, 1.165) is 39.5 Å². The summed E-state index contributed by atoms with van der Waals surface area (Å²) in [6.45, 7) is 0. The molecular formula is C25H15ClFNO3. The van der Waals surface area contributed by atoms with Gasteiger partial charge in [0.2, 0.25) is 11.8 Å². The van der Waals surface area contributed by atoms with Crippen molar-refractivity contribution < 1.29 is 18.8 Å². The highest BCUT2D eigenvalue weighted by Gasteiger charge is 2.68. The minimum absolute atomic E-state index is 0.174. The lowest BCUT2D eigenvalue weighted by molar-refractivity contribution is -0.128. The molecule has 0 aromatic heterocycles. The third kappa shape index (κ3) is 2.07. The van der Waals surface area contributed by atoms with Crippen molar-refractivity contribution in [1.82, 2.24) is 0 Å². The van der Waals surface area contributed by atoms with Crippen molar-refractivity contribution in [2.24, 2.45) is 11.8 Å². The summed E-state index contributed by atoms with van der Waals surface area (Å²) in [5, 5.41) is -0.174. The molecule has 0 spiro atoms. The van der Waals surface area contributed by atoms with Gasteiger partial charge in [-0.3, -0.25) is 9.59 Å². The van der Waals surface area contributed by atoms with Crippen molar-refractivity contribution in [3.63, 3.8) is 0 Å². The fourth-order valence-electron chi connectivity index (χ4n) is 5.91. The number of nitrogens with zero attached hydrogens (tertiary/aromatic N) is 1. The van der Waals surface area contributed by atoms with Crippen LogP contribution in [0.4, 0.5) is 10.1 Å². The molecule has 152 valence electrons. The Balaban J connectivity index is 1.63. The summed E-state index contributed by atoms with van der Waals surface area (Å²) in [4.78, 5) is 41.3. The summed E-state index contributed by atoms with van der Waals surface area (Å²) < 4.78 is 13.7. The summed E-state index contributed by atoms with van der Waals surface area (Å²) in [6, 6.07) is 18.8. The van der Waals surface area contributed by atoms with E-state index in [2.05, 4.69) is 0 Å². The van der Waals surface area contributed by atoms with Gasteiger partial charge < -0.3 is 4.79 Å². The normalized spacial score (nSPS) is 27.7. The Morgan fingerprint density at radius 3 is 2.10 bits per heavy atom. The molecule has 1 saturated heterocycles. The number of rotatable bonds is 2. The zero-order valence-electron chi connectivity index (χ0n) is 16.1. The van der Waals surface area contributed by atoms with Gasteiger partial charge in [0.25, 0.3) is 0 Å². The van der Waals surface area contributed by atoms with Crippen LogP contribution in [0.2, 0.25) is 5.02 Å². The molecule has 7 rings (SSSR count). The second-order valence-corrected chi connectivity index (χ2v) is 8.66. The van der Waals surface area contributed by atoms with E-state index in [1.807, 2.05) is 48.5 Å². The largest absolute Gasteiger partial charge is 0.302 e. The van der Waals surface area contributed by atoms with Crippen LogP contribution in [-0.2, 0) is 19.8 Å². The van der Waals surface area contributed by atoms with Crippen LogP contribution >= 0.6 is 11.6 Å². The number of carbonyl (C=O) groups is 3. The molecule has 4 nitrogen and oxygen atoms in total. The van der Waals surface area contributed by atoms with E-state index in [9.17, 15) is 18.8 Å². The smallest absolute Gasteiger partial charge is 0.239 e. The SMILES string of the molecule is O=CC12c3ccccc3C(c3ccccc31)C1C(=O)N(c3ccc(F)c(Cl)c3)C(=O)C12. The number of benzene rings is 3. The monoisotopic (exact) mass is 431 g/mol. The maximum atomic E-state index is 13.7. The molecule has 2 amide bonds. The van der Waals surface area contributed by atoms with E-state index in [1.54, 1.807) is 0 Å². The second kappa shape index (κ2) is 6.11. The molecular weight excluding hydrogens is 417 g/mol. The van der Waals surface area contributed by atoms with Gasteiger partial charge >= 0.3 is 0 Å². The lowest BCUT2D eigenvalue weighted by Crippen LogP contribution is -2.54. The highest BCUT2D eigenvalue weighted by molar-refractivity contribution is 6.31. The first-order valence-electron chi connectivity index (χ1n) is 9.98. The summed E-state index contributed by atoms with van der Waals surface area (Å²) in [5.74, 6) is -3.40. The standard InChI is InChI=1S/C25H15ClFNO3/c26-18-11-13(9-10-19(18)27)28-23(30)21-20-14-5-1-3-7-16(14)25(12-29,22(21)24(28)31)17-8-4-2-6-15(17)20/h1-12,20-22H. The average molecular weight is 432 g/mol. The molecule has 3 aliphatic carbocycles. The molecule has 4 aliphatic rings. The first-order valence-corrected chi connectivity index (χ1v) is 10.4. The van der Waals surface area contributed by atoms with Gasteiger partial charge in [0.15, 0.2) is 0 Å². The minimum atomic E-state index is -1.25. The van der Waals surface area contributed by atoms with Crippen LogP contribution < -0.4 is 4.90 Å². The maximum absolute atomic E-state index is 13.7. The van der Waals surface area contributed by atoms with Gasteiger partial charge in [-0.05, 0) is 40.5 Å². The average Bonchev–Trinajstić information content (AvgIpc) is 3.07. The Morgan fingerprint density at radius 1 is 0.903 bits per heavy atom. The van der Waals surface area contributed by atoms with E-state index in [1.165, 1.54) is 12.1 Å². The van der Waals surface area contributed by atoms with Crippen LogP contribution in [-0.4, -0.2) is 18.1 Å². The highest BCUT2D eigenvalue weighted by Crippen LogP contribution is 2.63. The van der Waals surface area contributed by atoms with Crippen LogP contribution in [0.25, 0.3) is 0 Å². The molecule has 6 heteroatoms. The number of hydrogen-bond donors (Lipinski definition) is 0. The van der Waals surface area contributed by atoms with Crippen LogP contribution in [0.5, 0.6) is 0 Å². The Morgan fingerprint density at radius 2 is 1.52 bits per heavy atom. The molecule has 1 heterocycles. The number of amides is 2. The first kappa shape index (κ1) is 18.5. The Kier molecular flexibility index (Phi) is 3.64. The van der Waals surface area contributed by atoms with Gasteiger partial charge in [0, 0.05) is 5.92 Å². The van der Waals surface area contributed by atoms with Gasteiger partial charge in [0.1, 0.15) is 12.1 Å². The number of aldehydes is 1. The van der Waals surface area contributed by atoms with Crippen molar-refractivity contribution in [2.45, 2.75) is 11.3 Å². The molecule has 2 atom stereocenters. The van der Waals surface area contributed by atoms with Crippen LogP contribution in [0.1, 0.15) is 28.2 Å². The maximum Gasteiger partial charge on any atom is 0.239 e. The summed E-state index contributed by atoms with van der Waals surface area (Å²) in [6.07, 6.45) is 0.823. The molecule has 2 bridgehead atoms. The predicted octanol–water partition coefficient (Wildman–Crippen LogP) is 4.23. The Hall–Kier alpha value is -3.31. The highest BCUT2D eigenvalue weighted by atomic mass is 35.5. The molecule has 1 fully saturated rings. The lowest BCUT2D eigenvalue weighted by Gasteiger charge is -2.51. The van der Waals surface area contributed by atoms with E-state index in [0.29, 0.717) is 0 Å². The number of hydrogen-bond acceptors (Lipinski definition) is 3. The number of halogens is 2. The summed E-state index contributed by atoms with van der Waals surface area (Å²) >= 11 is 5.93. The van der Waals surface area contributed by atoms with E-state index >= 15 is 0 Å². The topological polar surface area (TPSA) is 54.5 Å². The zero-order chi connectivity index (χ0) is 21.5. The van der Waals surface area contributed by atoms with Crippen LogP contribution in [0.15, 0.2) is 66.7 Å². The van der Waals surface area contributed by atoms with Gasteiger partial charge in [-0.1, -0.05) is 60.1 Å². The fourth-order valence-corrected chi connectivity index (χ4v) is 6.08. The molecule has 1 aliphatic heterocycles. The van der Waals surface area contributed by atoms with Gasteiger partial charge in [-0.15, -0.1) is 0 Å². The van der Waals surface area contributed by atoms with E-state index in [4.69, 9.17) is 11.6 Å². The van der Waals surface area contributed by atoms with Crippen molar-refractivity contribution in [1.29, 1.82) is 0 Å². The van der Waals surface area contributed by atoms with Crippen molar-refractivity contribution in [2.75, 3.05) is 4.90 Å². The van der Waals surface area contributed by atoms with Gasteiger partial charge in [-0.2, -0.15) is 0 Å². The van der Waals surface area contributed by atoms with Crippen molar-refractivity contribution >= 4 is 35.4 Å². The molecule has 0 radical (unpaired) electrons. The number of imide groups is 1. The Labute approximate surface area is 182 Å². The summed E-state index contributed by atoms with van der Waals surface area (Å²) in [5.41, 5.74) is 2.30. The molecule has 3 aromatic carbocycles.